The van der Waals surface area contributed by atoms with Gasteiger partial charge < -0.3 is 5.32 Å². The van der Waals surface area contributed by atoms with E-state index in [1.807, 2.05) is 0 Å². The lowest BCUT2D eigenvalue weighted by Gasteiger charge is -2.34. The molecule has 3 rings (SSSR count). The van der Waals surface area contributed by atoms with E-state index in [1.165, 1.54) is 36.8 Å². The second-order valence-corrected chi connectivity index (χ2v) is 5.95. The van der Waals surface area contributed by atoms with Gasteiger partial charge in [0.2, 0.25) is 0 Å². The van der Waals surface area contributed by atoms with Gasteiger partial charge in [0.25, 0.3) is 0 Å². The Hall–Kier alpha value is -1.41. The molecule has 0 bridgehead atoms. The predicted molar refractivity (Wildman–Crippen MR) is 84.9 cm³/mol. The minimum Gasteiger partial charge on any atom is -0.313 e. The molecule has 1 unspecified atom stereocenters. The number of hydrogen-bond acceptors (Lipinski definition) is 2. The van der Waals surface area contributed by atoms with Crippen molar-refractivity contribution < 1.29 is 0 Å². The molecule has 1 aliphatic rings. The summed E-state index contributed by atoms with van der Waals surface area (Å²) in [6, 6.07) is 13.4. The highest BCUT2D eigenvalue weighted by Gasteiger charge is 2.27. The Morgan fingerprint density at radius 1 is 1.20 bits per heavy atom. The lowest BCUT2D eigenvalue weighted by molar-refractivity contribution is 0.227. The molecule has 1 aromatic heterocycles. The summed E-state index contributed by atoms with van der Waals surface area (Å²) in [6.07, 6.45) is 6.44. The van der Waals surface area contributed by atoms with Gasteiger partial charge in [-0.25, -0.2) is 0 Å². The molecule has 0 radical (unpaired) electrons. The van der Waals surface area contributed by atoms with E-state index in [2.05, 4.69) is 48.6 Å². The van der Waals surface area contributed by atoms with Gasteiger partial charge in [-0.05, 0) is 43.9 Å². The third kappa shape index (κ3) is 3.01. The third-order valence-electron chi connectivity index (χ3n) is 4.46. The van der Waals surface area contributed by atoms with Crippen molar-refractivity contribution in [3.8, 4) is 0 Å². The summed E-state index contributed by atoms with van der Waals surface area (Å²) in [5, 5.41) is 4.96. The highest BCUT2D eigenvalue weighted by molar-refractivity contribution is 5.78. The predicted octanol–water partition coefficient (Wildman–Crippen LogP) is 3.95. The molecule has 1 heterocycles. The fourth-order valence-electron chi connectivity index (χ4n) is 3.02. The number of para-hydroxylation sites is 1. The van der Waals surface area contributed by atoms with Gasteiger partial charge in [0, 0.05) is 23.5 Å². The van der Waals surface area contributed by atoms with Crippen molar-refractivity contribution in [3.05, 3.63) is 42.1 Å². The fraction of sp³-hybridized carbons (Fsp3) is 0.500. The zero-order valence-electron chi connectivity index (χ0n) is 12.3. The maximum Gasteiger partial charge on any atom is 0.0705 e. The van der Waals surface area contributed by atoms with E-state index in [1.54, 1.807) is 0 Å². The second-order valence-electron chi connectivity index (χ2n) is 5.95. The first-order chi connectivity index (χ1) is 9.86. The number of hydrogen-bond donors (Lipinski definition) is 1. The Labute approximate surface area is 121 Å². The van der Waals surface area contributed by atoms with Crippen molar-refractivity contribution in [2.45, 2.75) is 45.1 Å². The largest absolute Gasteiger partial charge is 0.313 e. The van der Waals surface area contributed by atoms with Crippen LogP contribution in [0.2, 0.25) is 0 Å². The van der Waals surface area contributed by atoms with Crippen molar-refractivity contribution in [2.75, 3.05) is 6.54 Å². The van der Waals surface area contributed by atoms with Crippen LogP contribution in [-0.2, 0) is 6.42 Å². The molecule has 1 N–H and O–H groups in total. The molecular weight excluding hydrogens is 244 g/mol. The van der Waals surface area contributed by atoms with Crippen LogP contribution in [0.1, 0.15) is 38.3 Å². The molecule has 20 heavy (non-hydrogen) atoms. The first-order valence-electron chi connectivity index (χ1n) is 7.95. The Morgan fingerprint density at radius 2 is 2.05 bits per heavy atom. The molecule has 0 amide bonds. The van der Waals surface area contributed by atoms with Gasteiger partial charge in [-0.2, -0.15) is 0 Å². The van der Waals surface area contributed by atoms with Crippen LogP contribution < -0.4 is 5.32 Å². The average molecular weight is 268 g/mol. The van der Waals surface area contributed by atoms with Crippen LogP contribution in [0.5, 0.6) is 0 Å². The number of rotatable bonds is 6. The van der Waals surface area contributed by atoms with E-state index in [9.17, 15) is 0 Å². The quantitative estimate of drug-likeness (QED) is 0.858. The van der Waals surface area contributed by atoms with Crippen LogP contribution in [0, 0.1) is 5.92 Å². The van der Waals surface area contributed by atoms with Crippen molar-refractivity contribution in [3.63, 3.8) is 0 Å². The molecule has 106 valence electrons. The van der Waals surface area contributed by atoms with Crippen LogP contribution in [0.25, 0.3) is 10.9 Å². The Bertz CT molecular complexity index is 560. The normalized spacial score (nSPS) is 17.1. The van der Waals surface area contributed by atoms with E-state index < -0.39 is 0 Å². The van der Waals surface area contributed by atoms with E-state index >= 15 is 0 Å². The van der Waals surface area contributed by atoms with E-state index in [4.69, 9.17) is 4.98 Å². The van der Waals surface area contributed by atoms with Crippen LogP contribution in [0.3, 0.4) is 0 Å². The van der Waals surface area contributed by atoms with Crippen LogP contribution in [-0.4, -0.2) is 17.6 Å². The summed E-state index contributed by atoms with van der Waals surface area (Å²) in [4.78, 5) is 4.82. The van der Waals surface area contributed by atoms with Crippen molar-refractivity contribution in [1.29, 1.82) is 0 Å². The highest BCUT2D eigenvalue weighted by Crippen LogP contribution is 2.31. The molecule has 2 aromatic rings. The van der Waals surface area contributed by atoms with Gasteiger partial charge in [-0.3, -0.25) is 4.98 Å². The topological polar surface area (TPSA) is 24.9 Å². The maximum atomic E-state index is 4.82. The average Bonchev–Trinajstić information content (AvgIpc) is 2.43. The van der Waals surface area contributed by atoms with Crippen molar-refractivity contribution in [2.24, 2.45) is 5.92 Å². The molecule has 1 fully saturated rings. The molecule has 1 aromatic carbocycles. The maximum absolute atomic E-state index is 4.82. The van der Waals surface area contributed by atoms with Crippen LogP contribution in [0.4, 0.5) is 0 Å². The van der Waals surface area contributed by atoms with Crippen molar-refractivity contribution >= 4 is 10.9 Å². The van der Waals surface area contributed by atoms with Gasteiger partial charge in [-0.15, -0.1) is 0 Å². The molecule has 0 spiro atoms. The SMILES string of the molecule is CCCNC(Cc1ccc2ccccc2n1)C1CCC1. The summed E-state index contributed by atoms with van der Waals surface area (Å²) in [5.41, 5.74) is 2.34. The summed E-state index contributed by atoms with van der Waals surface area (Å²) in [6.45, 7) is 3.36. The zero-order chi connectivity index (χ0) is 13.8. The zero-order valence-corrected chi connectivity index (χ0v) is 12.3. The lowest BCUT2D eigenvalue weighted by Crippen LogP contribution is -2.41. The minimum absolute atomic E-state index is 0.609. The molecule has 1 aliphatic carbocycles. The molecular formula is C18H24N2. The molecule has 2 nitrogen and oxygen atoms in total. The summed E-state index contributed by atoms with van der Waals surface area (Å²) in [5.74, 6) is 0.856. The number of benzene rings is 1. The number of pyridine rings is 1. The van der Waals surface area contributed by atoms with E-state index in [0.717, 1.165) is 24.4 Å². The monoisotopic (exact) mass is 268 g/mol. The van der Waals surface area contributed by atoms with Gasteiger partial charge in [0.1, 0.15) is 0 Å². The minimum atomic E-state index is 0.609. The first kappa shape index (κ1) is 13.6. The number of aromatic nitrogens is 1. The molecule has 2 heteroatoms. The Morgan fingerprint density at radius 3 is 2.80 bits per heavy atom. The molecule has 1 atom stereocenters. The van der Waals surface area contributed by atoms with Gasteiger partial charge >= 0.3 is 0 Å². The van der Waals surface area contributed by atoms with Crippen LogP contribution >= 0.6 is 0 Å². The Kier molecular flexibility index (Phi) is 4.31. The fourth-order valence-corrected chi connectivity index (χ4v) is 3.02. The van der Waals surface area contributed by atoms with Crippen molar-refractivity contribution in [1.82, 2.24) is 10.3 Å². The summed E-state index contributed by atoms with van der Waals surface area (Å²) >= 11 is 0. The second kappa shape index (κ2) is 6.36. The highest BCUT2D eigenvalue weighted by atomic mass is 14.9. The van der Waals surface area contributed by atoms with Gasteiger partial charge in [0.15, 0.2) is 0 Å². The van der Waals surface area contributed by atoms with E-state index in [0.29, 0.717) is 6.04 Å². The third-order valence-corrected chi connectivity index (χ3v) is 4.46. The summed E-state index contributed by atoms with van der Waals surface area (Å²) < 4.78 is 0. The number of fused-ring (bicyclic) bond motifs is 1. The number of nitrogens with zero attached hydrogens (tertiary/aromatic N) is 1. The smallest absolute Gasteiger partial charge is 0.0705 e. The summed E-state index contributed by atoms with van der Waals surface area (Å²) in [7, 11) is 0. The van der Waals surface area contributed by atoms with Gasteiger partial charge in [-0.1, -0.05) is 37.6 Å². The number of nitrogens with one attached hydrogen (secondary N) is 1. The Balaban J connectivity index is 1.74. The first-order valence-corrected chi connectivity index (χ1v) is 7.95. The molecule has 1 saturated carbocycles. The molecule has 0 aliphatic heterocycles. The standard InChI is InChI=1S/C18H24N2/c1-2-12-19-18(14-7-5-8-14)13-16-11-10-15-6-3-4-9-17(15)20-16/h3-4,6,9-11,14,18-19H,2,5,7-8,12-13H2,1H3. The van der Waals surface area contributed by atoms with E-state index in [-0.39, 0.29) is 0 Å². The lowest BCUT2D eigenvalue weighted by atomic mass is 9.78. The van der Waals surface area contributed by atoms with Crippen LogP contribution in [0.15, 0.2) is 36.4 Å². The molecule has 0 saturated heterocycles. The van der Waals surface area contributed by atoms with Gasteiger partial charge in [0.05, 0.1) is 5.52 Å².